The lowest BCUT2D eigenvalue weighted by Crippen LogP contribution is -2.32. The Balaban J connectivity index is 1.72. The van der Waals surface area contributed by atoms with Gasteiger partial charge in [0.15, 0.2) is 0 Å². The van der Waals surface area contributed by atoms with Crippen LogP contribution in [-0.2, 0) is 6.54 Å². The number of imidazole rings is 1. The number of allylic oxidation sites excluding steroid dienone is 4. The van der Waals surface area contributed by atoms with E-state index < -0.39 is 0 Å². The van der Waals surface area contributed by atoms with Gasteiger partial charge < -0.3 is 15.2 Å². The van der Waals surface area contributed by atoms with E-state index in [0.717, 1.165) is 16.8 Å². The molecule has 2 N–H and O–H groups in total. The largest absolute Gasteiger partial charge is 0.335 e. The van der Waals surface area contributed by atoms with Gasteiger partial charge in [-0.3, -0.25) is 4.98 Å². The topological polar surface area (TPSA) is 67.1 Å². The quantitative estimate of drug-likeness (QED) is 0.269. The van der Waals surface area contributed by atoms with Crippen LogP contribution in [0.5, 0.6) is 0 Å². The predicted octanol–water partition coefficient (Wildman–Crippen LogP) is 6.60. The van der Waals surface area contributed by atoms with Gasteiger partial charge in [0.1, 0.15) is 0 Å². The van der Waals surface area contributed by atoms with E-state index in [0.29, 0.717) is 39.7 Å². The van der Waals surface area contributed by atoms with E-state index in [1.807, 2.05) is 65.4 Å². The lowest BCUT2D eigenvalue weighted by Gasteiger charge is -2.21. The van der Waals surface area contributed by atoms with Crippen molar-refractivity contribution in [2.45, 2.75) is 19.0 Å². The average molecular weight is 526 g/mol. The second kappa shape index (κ2) is 11.9. The van der Waals surface area contributed by atoms with Crippen molar-refractivity contribution < 1.29 is 0 Å². The molecule has 2 aromatic heterocycles. The lowest BCUT2D eigenvalue weighted by molar-refractivity contribution is 0.614. The summed E-state index contributed by atoms with van der Waals surface area (Å²) in [7, 11) is 0. The summed E-state index contributed by atoms with van der Waals surface area (Å²) in [6, 6.07) is 10.8. The van der Waals surface area contributed by atoms with Crippen molar-refractivity contribution in [3.05, 3.63) is 119 Å². The van der Waals surface area contributed by atoms with Gasteiger partial charge in [-0.15, -0.1) is 0 Å². The van der Waals surface area contributed by atoms with Crippen molar-refractivity contribution in [1.82, 2.24) is 19.9 Å². The molecule has 1 aliphatic carbocycles. The Hall–Kier alpha value is -3.32. The zero-order valence-corrected chi connectivity index (χ0v) is 21.0. The lowest BCUT2D eigenvalue weighted by atomic mass is 10.1. The van der Waals surface area contributed by atoms with Crippen molar-refractivity contribution in [1.29, 1.82) is 0 Å². The molecule has 1 atom stereocenters. The standard InChI is InChI=1S/C26H23Cl3N6/c1-18(19-10-12-30-13-11-19)32-26(33-22-6-2-20(27)3-7-22)34-25(16-35-15-14-31-17-35)23-8-4-21(28)5-9-24(23)29/h2-4,6-15,17,25H,1,5,16H2,(H2,32,33,34). The summed E-state index contributed by atoms with van der Waals surface area (Å²) in [4.78, 5) is 13.3. The molecule has 3 aromatic rings. The smallest absolute Gasteiger partial charge is 0.201 e. The fourth-order valence-electron chi connectivity index (χ4n) is 3.40. The number of aliphatic imine (C=N–C) groups is 1. The van der Waals surface area contributed by atoms with E-state index in [1.54, 1.807) is 24.9 Å². The summed E-state index contributed by atoms with van der Waals surface area (Å²) >= 11 is 19.0. The zero-order chi connectivity index (χ0) is 24.6. The van der Waals surface area contributed by atoms with Gasteiger partial charge in [0.05, 0.1) is 18.9 Å². The average Bonchev–Trinajstić information content (AvgIpc) is 3.31. The molecule has 35 heavy (non-hydrogen) atoms. The van der Waals surface area contributed by atoms with Crippen molar-refractivity contribution in [2.24, 2.45) is 4.99 Å². The van der Waals surface area contributed by atoms with Gasteiger partial charge in [0, 0.05) is 63.2 Å². The van der Waals surface area contributed by atoms with Crippen LogP contribution in [0.1, 0.15) is 12.0 Å². The minimum absolute atomic E-state index is 0.362. The molecule has 178 valence electrons. The monoisotopic (exact) mass is 524 g/mol. The number of nitrogens with zero attached hydrogens (tertiary/aromatic N) is 4. The molecule has 9 heteroatoms. The summed E-state index contributed by atoms with van der Waals surface area (Å²) in [5.41, 5.74) is 3.19. The van der Waals surface area contributed by atoms with Crippen LogP contribution in [0.2, 0.25) is 5.02 Å². The number of hydrogen-bond donors (Lipinski definition) is 2. The van der Waals surface area contributed by atoms with E-state index in [4.69, 9.17) is 39.8 Å². The second-order valence-electron chi connectivity index (χ2n) is 7.72. The Labute approximate surface area is 219 Å². The molecule has 0 bridgehead atoms. The maximum absolute atomic E-state index is 6.68. The van der Waals surface area contributed by atoms with E-state index in [2.05, 4.69) is 27.2 Å². The van der Waals surface area contributed by atoms with Crippen LogP contribution in [0, 0.1) is 0 Å². The van der Waals surface area contributed by atoms with Gasteiger partial charge in [0.25, 0.3) is 0 Å². The first kappa shape index (κ1) is 24.8. The highest BCUT2D eigenvalue weighted by molar-refractivity contribution is 6.33. The highest BCUT2D eigenvalue weighted by atomic mass is 35.5. The third kappa shape index (κ3) is 7.09. The Kier molecular flexibility index (Phi) is 8.42. The summed E-state index contributed by atoms with van der Waals surface area (Å²) in [5.74, 6) is 0.490. The van der Waals surface area contributed by atoms with Crippen molar-refractivity contribution in [2.75, 3.05) is 5.32 Å². The molecular formula is C26H23Cl3N6. The normalized spacial score (nSPS) is 14.8. The highest BCUT2D eigenvalue weighted by Gasteiger charge is 2.20. The molecule has 2 heterocycles. The van der Waals surface area contributed by atoms with Crippen LogP contribution in [0.4, 0.5) is 5.69 Å². The maximum Gasteiger partial charge on any atom is 0.201 e. The van der Waals surface area contributed by atoms with Gasteiger partial charge in [-0.05, 0) is 48.0 Å². The number of hydrogen-bond acceptors (Lipinski definition) is 3. The number of halogens is 3. The first-order chi connectivity index (χ1) is 17.0. The number of aromatic nitrogens is 3. The van der Waals surface area contributed by atoms with Crippen LogP contribution < -0.4 is 10.6 Å². The molecule has 0 amide bonds. The van der Waals surface area contributed by atoms with Crippen LogP contribution in [0.15, 0.2) is 113 Å². The molecule has 1 aliphatic rings. The molecule has 0 spiro atoms. The van der Waals surface area contributed by atoms with Crippen molar-refractivity contribution >= 4 is 52.1 Å². The van der Waals surface area contributed by atoms with Gasteiger partial charge in [-0.2, -0.15) is 0 Å². The second-order valence-corrected chi connectivity index (χ2v) is 9.05. The number of pyridine rings is 1. The molecule has 0 aliphatic heterocycles. The van der Waals surface area contributed by atoms with Crippen LogP contribution in [-0.4, -0.2) is 26.5 Å². The summed E-state index contributed by atoms with van der Waals surface area (Å²) in [6.45, 7) is 4.69. The summed E-state index contributed by atoms with van der Waals surface area (Å²) in [6.07, 6.45) is 15.0. The fraction of sp³-hybridized carbons (Fsp3) is 0.115. The van der Waals surface area contributed by atoms with E-state index in [1.165, 1.54) is 0 Å². The van der Waals surface area contributed by atoms with E-state index >= 15 is 0 Å². The van der Waals surface area contributed by atoms with Gasteiger partial charge in [0.2, 0.25) is 5.96 Å². The molecule has 4 rings (SSSR count). The molecule has 0 saturated heterocycles. The highest BCUT2D eigenvalue weighted by Crippen LogP contribution is 2.28. The molecule has 0 saturated carbocycles. The Bertz CT molecular complexity index is 1280. The maximum atomic E-state index is 6.68. The third-order valence-corrected chi connectivity index (χ3v) is 6.09. The van der Waals surface area contributed by atoms with Crippen LogP contribution >= 0.6 is 34.8 Å². The number of benzene rings is 1. The number of guanidine groups is 1. The van der Waals surface area contributed by atoms with Crippen molar-refractivity contribution in [3.63, 3.8) is 0 Å². The minimum atomic E-state index is -0.362. The van der Waals surface area contributed by atoms with Gasteiger partial charge in [-0.1, -0.05) is 53.5 Å². The SMILES string of the molecule is C=C(NC(=NC(Cn1ccnc1)C1=CC=C(Cl)CC=C1Cl)Nc1ccc(Cl)cc1)c1ccncc1. The van der Waals surface area contributed by atoms with Gasteiger partial charge >= 0.3 is 0 Å². The van der Waals surface area contributed by atoms with Crippen molar-refractivity contribution in [3.8, 4) is 0 Å². The van der Waals surface area contributed by atoms with Gasteiger partial charge in [-0.25, -0.2) is 9.98 Å². The number of anilines is 1. The van der Waals surface area contributed by atoms with E-state index in [-0.39, 0.29) is 6.04 Å². The molecule has 6 nitrogen and oxygen atoms in total. The molecule has 1 unspecified atom stereocenters. The van der Waals surface area contributed by atoms with Crippen LogP contribution in [0.25, 0.3) is 5.70 Å². The Morgan fingerprint density at radius 2 is 1.80 bits per heavy atom. The molecule has 0 radical (unpaired) electrons. The minimum Gasteiger partial charge on any atom is -0.335 e. The fourth-order valence-corrected chi connectivity index (χ4v) is 3.93. The molecule has 1 aromatic carbocycles. The number of rotatable bonds is 7. The molecule has 0 fully saturated rings. The zero-order valence-electron chi connectivity index (χ0n) is 18.7. The van der Waals surface area contributed by atoms with E-state index in [9.17, 15) is 0 Å². The summed E-state index contributed by atoms with van der Waals surface area (Å²) in [5, 5.41) is 8.60. The molecular weight excluding hydrogens is 503 g/mol. The summed E-state index contributed by atoms with van der Waals surface area (Å²) < 4.78 is 1.95. The third-order valence-electron chi connectivity index (χ3n) is 5.19. The number of nitrogens with one attached hydrogen (secondary N) is 2. The predicted molar refractivity (Wildman–Crippen MR) is 146 cm³/mol. The Morgan fingerprint density at radius 3 is 2.51 bits per heavy atom. The first-order valence-electron chi connectivity index (χ1n) is 10.8. The Morgan fingerprint density at radius 1 is 1.03 bits per heavy atom. The first-order valence-corrected chi connectivity index (χ1v) is 12.0. The van der Waals surface area contributed by atoms with Crippen LogP contribution in [0.3, 0.4) is 0 Å².